The largest absolute Gasteiger partial charge is 0.294 e. The zero-order chi connectivity index (χ0) is 5.21. The van der Waals surface area contributed by atoms with Crippen molar-refractivity contribution >= 4 is 10.1 Å². The highest BCUT2D eigenvalue weighted by molar-refractivity contribution is 7.85. The first-order chi connectivity index (χ1) is 2.56. The molecule has 6 heteroatoms. The van der Waals surface area contributed by atoms with Crippen LogP contribution in [0.4, 0.5) is 9.09 Å². The molecule has 0 fully saturated rings. The van der Waals surface area contributed by atoms with E-state index in [0.29, 0.717) is 0 Å². The van der Waals surface area contributed by atoms with Crippen LogP contribution in [0.2, 0.25) is 0 Å². The topological polar surface area (TPSA) is 54.4 Å². The first kappa shape index (κ1) is 9.91. The van der Waals surface area contributed by atoms with Gasteiger partial charge in [0.2, 0.25) is 6.01 Å². The normalized spacial score (nSPS) is 10.0. The summed E-state index contributed by atoms with van der Waals surface area (Å²) in [5, 5.41) is 0. The van der Waals surface area contributed by atoms with Gasteiger partial charge in [0.25, 0.3) is 10.1 Å². The zero-order valence-corrected chi connectivity index (χ0v) is 3.98. The maximum atomic E-state index is 10.7. The molecule has 0 amide bonds. The van der Waals surface area contributed by atoms with Crippen molar-refractivity contribution in [1.29, 1.82) is 0 Å². The van der Waals surface area contributed by atoms with Crippen LogP contribution in [-0.4, -0.2) is 19.0 Å². The van der Waals surface area contributed by atoms with E-state index < -0.39 is 16.1 Å². The molecule has 0 aliphatic rings. The molecule has 0 rings (SSSR count). The van der Waals surface area contributed by atoms with Crippen LogP contribution in [0.5, 0.6) is 0 Å². The van der Waals surface area contributed by atoms with Crippen LogP contribution in [-0.2, 0) is 10.1 Å². The van der Waals surface area contributed by atoms with E-state index in [0.717, 1.165) is 0 Å². The molecular weight excluding hydrogens is 130 g/mol. The first-order valence-corrected chi connectivity index (χ1v) is 2.68. The Morgan fingerprint density at radius 3 is 1.71 bits per heavy atom. The molecule has 0 saturated carbocycles. The average molecular weight is 134 g/mol. The number of halogens is 2. The Hall–Kier alpha value is -0.230. The molecule has 0 atom stereocenters. The lowest BCUT2D eigenvalue weighted by molar-refractivity contribution is 0.447. The Labute approximate surface area is 39.3 Å². The molecule has 0 aromatic carbocycles. The molecule has 46 valence electrons. The second kappa shape index (κ2) is 2.86. The lowest BCUT2D eigenvalue weighted by Gasteiger charge is -1.77. The first-order valence-electron chi connectivity index (χ1n) is 1.07. The maximum absolute atomic E-state index is 10.7. The van der Waals surface area contributed by atoms with Crippen LogP contribution < -0.4 is 0 Å². The highest BCUT2D eigenvalue weighted by Gasteiger charge is 1.97. The van der Waals surface area contributed by atoms with Gasteiger partial charge in [0, 0.05) is 0 Å². The van der Waals surface area contributed by atoms with Gasteiger partial charge >= 0.3 is 0 Å². The summed E-state index contributed by atoms with van der Waals surface area (Å²) in [6, 6.07) is -1.70. The van der Waals surface area contributed by atoms with Crippen LogP contribution >= 0.6 is 0 Å². The van der Waals surface area contributed by atoms with E-state index in [4.69, 9.17) is 4.55 Å². The van der Waals surface area contributed by atoms with Gasteiger partial charge in [-0.05, 0) is 0 Å². The molecule has 0 heterocycles. The van der Waals surface area contributed by atoms with Crippen molar-refractivity contribution in [3.8, 4) is 0 Å². The molecule has 0 aromatic rings. The molecule has 0 radical (unpaired) electrons. The van der Waals surface area contributed by atoms with Gasteiger partial charge in [-0.2, -0.15) is 8.42 Å². The lowest BCUT2D eigenvalue weighted by Crippen LogP contribution is -1.96. The van der Waals surface area contributed by atoms with E-state index in [1.54, 1.807) is 0 Å². The minimum absolute atomic E-state index is 0. The van der Waals surface area contributed by atoms with Crippen LogP contribution in [0, 0.1) is 0 Å². The van der Waals surface area contributed by atoms with E-state index >= 15 is 0 Å². The van der Waals surface area contributed by atoms with Crippen molar-refractivity contribution in [2.45, 2.75) is 0 Å². The number of rotatable bonds is 1. The quantitative estimate of drug-likeness (QED) is 0.511. The SMILES string of the molecule is F.O=S(=O)(O)CF. The number of hydrogen-bond acceptors (Lipinski definition) is 2. The Kier molecular flexibility index (Phi) is 4.05. The second-order valence-electron chi connectivity index (χ2n) is 0.691. The minimum atomic E-state index is -4.33. The second-order valence-corrected chi connectivity index (χ2v) is 2.07. The number of alkyl halides is 1. The van der Waals surface area contributed by atoms with Crippen molar-refractivity contribution in [1.82, 2.24) is 0 Å². The lowest BCUT2D eigenvalue weighted by atomic mass is 11.8. The fourth-order valence-corrected chi connectivity index (χ4v) is 0. The average Bonchev–Trinajstić information content (AvgIpc) is 1.35. The Balaban J connectivity index is 0. The molecule has 1 N–H and O–H groups in total. The number of hydrogen-bond donors (Lipinski definition) is 1. The summed E-state index contributed by atoms with van der Waals surface area (Å²) in [6.45, 7) is 0. The predicted octanol–water partition coefficient (Wildman–Crippen LogP) is -0.0463. The Morgan fingerprint density at radius 2 is 1.71 bits per heavy atom. The van der Waals surface area contributed by atoms with E-state index in [-0.39, 0.29) is 4.70 Å². The van der Waals surface area contributed by atoms with Crippen LogP contribution in [0.15, 0.2) is 0 Å². The molecular formula is CH4F2O3S. The van der Waals surface area contributed by atoms with E-state index in [2.05, 4.69) is 0 Å². The van der Waals surface area contributed by atoms with Gasteiger partial charge in [0.15, 0.2) is 0 Å². The summed E-state index contributed by atoms with van der Waals surface area (Å²) >= 11 is 0. The molecule has 0 unspecified atom stereocenters. The smallest absolute Gasteiger partial charge is 0.284 e. The fourth-order valence-electron chi connectivity index (χ4n) is 0. The molecule has 0 aromatic heterocycles. The fraction of sp³-hybridized carbons (Fsp3) is 1.00. The monoisotopic (exact) mass is 134 g/mol. The third-order valence-corrected chi connectivity index (χ3v) is 0.414. The van der Waals surface area contributed by atoms with E-state index in [9.17, 15) is 12.8 Å². The van der Waals surface area contributed by atoms with Gasteiger partial charge < -0.3 is 0 Å². The molecule has 0 bridgehead atoms. The van der Waals surface area contributed by atoms with Crippen molar-refractivity contribution < 1.29 is 22.1 Å². The molecule has 0 spiro atoms. The Morgan fingerprint density at radius 1 is 1.57 bits per heavy atom. The maximum Gasteiger partial charge on any atom is 0.294 e. The standard InChI is InChI=1S/CH3FO3S.FH/c2-1-6(3,4)5;/h1H2,(H,3,4,5);1H. The summed E-state index contributed by atoms with van der Waals surface area (Å²) in [7, 11) is -4.33. The summed E-state index contributed by atoms with van der Waals surface area (Å²) in [5.41, 5.74) is 0. The minimum Gasteiger partial charge on any atom is -0.284 e. The van der Waals surface area contributed by atoms with Crippen LogP contribution in [0.3, 0.4) is 0 Å². The molecule has 0 aliphatic carbocycles. The van der Waals surface area contributed by atoms with Crippen molar-refractivity contribution in [3.05, 3.63) is 0 Å². The zero-order valence-electron chi connectivity index (χ0n) is 3.17. The van der Waals surface area contributed by atoms with Gasteiger partial charge in [-0.25, -0.2) is 4.39 Å². The van der Waals surface area contributed by atoms with Gasteiger partial charge in [-0.15, -0.1) is 0 Å². The highest BCUT2D eigenvalue weighted by Crippen LogP contribution is 1.77. The molecule has 7 heavy (non-hydrogen) atoms. The third kappa shape index (κ3) is 10.7. The summed E-state index contributed by atoms with van der Waals surface area (Å²) in [6.07, 6.45) is 0. The molecule has 0 saturated heterocycles. The van der Waals surface area contributed by atoms with Crippen LogP contribution in [0.1, 0.15) is 0 Å². The van der Waals surface area contributed by atoms with Crippen LogP contribution in [0.25, 0.3) is 0 Å². The van der Waals surface area contributed by atoms with Gasteiger partial charge in [0.1, 0.15) is 0 Å². The van der Waals surface area contributed by atoms with E-state index in [1.165, 1.54) is 0 Å². The van der Waals surface area contributed by atoms with E-state index in [1.807, 2.05) is 0 Å². The van der Waals surface area contributed by atoms with Gasteiger partial charge in [-0.3, -0.25) is 9.26 Å². The van der Waals surface area contributed by atoms with Gasteiger partial charge in [-0.1, -0.05) is 0 Å². The molecule has 0 aliphatic heterocycles. The van der Waals surface area contributed by atoms with Crippen molar-refractivity contribution in [2.24, 2.45) is 0 Å². The van der Waals surface area contributed by atoms with Crippen molar-refractivity contribution in [3.63, 3.8) is 0 Å². The molecule has 3 nitrogen and oxygen atoms in total. The third-order valence-electron chi connectivity index (χ3n) is 0.138. The summed E-state index contributed by atoms with van der Waals surface area (Å²) < 4.78 is 36.4. The van der Waals surface area contributed by atoms with Crippen molar-refractivity contribution in [2.75, 3.05) is 6.01 Å². The Bertz CT molecular complexity index is 115. The summed E-state index contributed by atoms with van der Waals surface area (Å²) in [5.74, 6) is 0. The summed E-state index contributed by atoms with van der Waals surface area (Å²) in [4.78, 5) is 0. The highest BCUT2D eigenvalue weighted by atomic mass is 32.2. The predicted molar refractivity (Wildman–Crippen MR) is 20.0 cm³/mol. The van der Waals surface area contributed by atoms with Gasteiger partial charge in [0.05, 0.1) is 0 Å².